The molecule has 1 fully saturated rings. The first-order valence-electron chi connectivity index (χ1n) is 8.04. The van der Waals surface area contributed by atoms with Gasteiger partial charge in [-0.1, -0.05) is 37.3 Å². The highest BCUT2D eigenvalue weighted by atomic mass is 28.4. The van der Waals surface area contributed by atoms with Gasteiger partial charge in [0.1, 0.15) is 11.4 Å². The van der Waals surface area contributed by atoms with Crippen LogP contribution in [0, 0.1) is 5.92 Å². The summed E-state index contributed by atoms with van der Waals surface area (Å²) in [7, 11) is -1.65. The Hall–Kier alpha value is -1.10. The molecular formula is C18H26O3Si. The maximum absolute atomic E-state index is 6.26. The molecule has 3 nitrogen and oxygen atoms in total. The highest BCUT2D eigenvalue weighted by Gasteiger charge is 2.58. The van der Waals surface area contributed by atoms with Crippen molar-refractivity contribution in [1.82, 2.24) is 0 Å². The van der Waals surface area contributed by atoms with E-state index in [9.17, 15) is 0 Å². The van der Waals surface area contributed by atoms with Gasteiger partial charge < -0.3 is 13.9 Å². The molecule has 0 aliphatic carbocycles. The van der Waals surface area contributed by atoms with Crippen molar-refractivity contribution in [1.29, 1.82) is 0 Å². The van der Waals surface area contributed by atoms with Crippen LogP contribution in [0.1, 0.15) is 19.4 Å². The van der Waals surface area contributed by atoms with Crippen LogP contribution in [0.15, 0.2) is 42.2 Å². The Morgan fingerprint density at radius 3 is 2.45 bits per heavy atom. The third kappa shape index (κ3) is 2.87. The second kappa shape index (κ2) is 5.51. The minimum absolute atomic E-state index is 0.0362. The zero-order chi connectivity index (χ0) is 16.0. The third-order valence-corrected chi connectivity index (χ3v) is 5.25. The van der Waals surface area contributed by atoms with Crippen LogP contribution in [0.5, 0.6) is 0 Å². The molecule has 4 atom stereocenters. The molecule has 0 saturated carbocycles. The summed E-state index contributed by atoms with van der Waals surface area (Å²) in [5.41, 5.74) is 0.747. The Morgan fingerprint density at radius 2 is 1.86 bits per heavy atom. The SMILES string of the molecule is C[C@@H]1[C@H]2C=C(O[Si](C)(C)C)[C@@](C)(O2)[C@H]1OCc1ccccc1. The van der Waals surface area contributed by atoms with Gasteiger partial charge in [-0.3, -0.25) is 0 Å². The minimum atomic E-state index is -1.65. The van der Waals surface area contributed by atoms with Crippen molar-refractivity contribution in [3.8, 4) is 0 Å². The highest BCUT2D eigenvalue weighted by Crippen LogP contribution is 2.49. The summed E-state index contributed by atoms with van der Waals surface area (Å²) in [5, 5.41) is 0. The molecule has 0 spiro atoms. The van der Waals surface area contributed by atoms with Crippen LogP contribution in [0.3, 0.4) is 0 Å². The Labute approximate surface area is 134 Å². The number of ether oxygens (including phenoxy) is 2. The van der Waals surface area contributed by atoms with Gasteiger partial charge >= 0.3 is 0 Å². The van der Waals surface area contributed by atoms with Gasteiger partial charge in [0.25, 0.3) is 0 Å². The molecule has 2 aliphatic heterocycles. The van der Waals surface area contributed by atoms with Crippen LogP contribution in [0.25, 0.3) is 0 Å². The van der Waals surface area contributed by atoms with Crippen molar-refractivity contribution in [2.75, 3.05) is 0 Å². The molecule has 1 aromatic rings. The minimum Gasteiger partial charge on any atom is -0.545 e. The van der Waals surface area contributed by atoms with Gasteiger partial charge in [-0.2, -0.15) is 0 Å². The molecule has 2 aliphatic rings. The Kier molecular flexibility index (Phi) is 3.95. The van der Waals surface area contributed by atoms with Crippen LogP contribution < -0.4 is 0 Å². The second-order valence-electron chi connectivity index (χ2n) is 7.51. The second-order valence-corrected chi connectivity index (χ2v) is 11.9. The number of benzene rings is 1. The third-order valence-electron chi connectivity index (χ3n) is 4.41. The highest BCUT2D eigenvalue weighted by molar-refractivity contribution is 6.70. The summed E-state index contributed by atoms with van der Waals surface area (Å²) in [5.74, 6) is 1.33. The molecule has 4 heteroatoms. The molecule has 0 amide bonds. The standard InChI is InChI=1S/C18H26O3Si/c1-13-15-11-16(21-22(3,4)5)18(2,20-15)17(13)19-12-14-9-7-6-8-10-14/h6-11,13,15,17H,12H2,1-5H3/t13-,15-,17+,18-/m1/s1. The molecule has 1 aromatic carbocycles. The van der Waals surface area contributed by atoms with Crippen molar-refractivity contribution in [3.63, 3.8) is 0 Å². The molecule has 120 valence electrons. The number of rotatable bonds is 5. The Morgan fingerprint density at radius 1 is 1.18 bits per heavy atom. The van der Waals surface area contributed by atoms with Crippen LogP contribution >= 0.6 is 0 Å². The van der Waals surface area contributed by atoms with Crippen molar-refractivity contribution in [2.24, 2.45) is 5.92 Å². The van der Waals surface area contributed by atoms with E-state index >= 15 is 0 Å². The van der Waals surface area contributed by atoms with E-state index in [-0.39, 0.29) is 12.2 Å². The molecule has 0 unspecified atom stereocenters. The van der Waals surface area contributed by atoms with Gasteiger partial charge in [-0.25, -0.2) is 0 Å². The molecule has 3 rings (SSSR count). The lowest BCUT2D eigenvalue weighted by atomic mass is 9.84. The average Bonchev–Trinajstić information content (AvgIpc) is 2.87. The molecule has 1 saturated heterocycles. The topological polar surface area (TPSA) is 27.7 Å². The van der Waals surface area contributed by atoms with E-state index in [1.54, 1.807) is 0 Å². The largest absolute Gasteiger partial charge is 0.545 e. The number of hydrogen-bond acceptors (Lipinski definition) is 3. The van der Waals surface area contributed by atoms with E-state index in [2.05, 4.69) is 51.7 Å². The average molecular weight is 318 g/mol. The van der Waals surface area contributed by atoms with Crippen molar-refractivity contribution >= 4 is 8.32 Å². The van der Waals surface area contributed by atoms with Crippen LogP contribution in [0.4, 0.5) is 0 Å². The molecule has 0 radical (unpaired) electrons. The summed E-state index contributed by atoms with van der Waals surface area (Å²) in [6, 6.07) is 10.3. The van der Waals surface area contributed by atoms with Crippen LogP contribution in [-0.2, 0) is 20.5 Å². The Balaban J connectivity index is 1.74. The zero-order valence-corrected chi connectivity index (χ0v) is 15.1. The van der Waals surface area contributed by atoms with Gasteiger partial charge in [-0.05, 0) is 38.2 Å². The molecular weight excluding hydrogens is 292 g/mol. The van der Waals surface area contributed by atoms with Gasteiger partial charge in [0, 0.05) is 5.92 Å². The molecule has 2 bridgehead atoms. The quantitative estimate of drug-likeness (QED) is 0.765. The monoisotopic (exact) mass is 318 g/mol. The van der Waals surface area contributed by atoms with Gasteiger partial charge in [0.2, 0.25) is 8.32 Å². The summed E-state index contributed by atoms with van der Waals surface area (Å²) in [6.07, 6.45) is 2.30. The fourth-order valence-corrected chi connectivity index (χ4v) is 4.30. The first-order valence-corrected chi connectivity index (χ1v) is 11.4. The predicted molar refractivity (Wildman–Crippen MR) is 90.0 cm³/mol. The number of hydrogen-bond donors (Lipinski definition) is 0. The Bertz CT molecular complexity index is 563. The van der Waals surface area contributed by atoms with E-state index in [0.717, 1.165) is 5.76 Å². The normalized spacial score (nSPS) is 33.9. The zero-order valence-electron chi connectivity index (χ0n) is 14.1. The van der Waals surface area contributed by atoms with Gasteiger partial charge in [0.15, 0.2) is 0 Å². The van der Waals surface area contributed by atoms with Crippen molar-refractivity contribution in [2.45, 2.75) is 57.9 Å². The fourth-order valence-electron chi connectivity index (χ4n) is 3.37. The molecule has 0 aromatic heterocycles. The van der Waals surface area contributed by atoms with E-state index in [1.165, 1.54) is 5.56 Å². The first kappa shape index (κ1) is 15.8. The summed E-state index contributed by atoms with van der Waals surface area (Å²) >= 11 is 0. The summed E-state index contributed by atoms with van der Waals surface area (Å²) in [4.78, 5) is 0. The lowest BCUT2D eigenvalue weighted by Crippen LogP contribution is -2.45. The molecule has 2 heterocycles. The van der Waals surface area contributed by atoms with E-state index < -0.39 is 13.9 Å². The smallest absolute Gasteiger partial charge is 0.241 e. The van der Waals surface area contributed by atoms with E-state index in [0.29, 0.717) is 12.5 Å². The van der Waals surface area contributed by atoms with E-state index in [4.69, 9.17) is 13.9 Å². The van der Waals surface area contributed by atoms with Gasteiger partial charge in [-0.15, -0.1) is 0 Å². The van der Waals surface area contributed by atoms with Crippen molar-refractivity contribution < 1.29 is 13.9 Å². The predicted octanol–water partition coefficient (Wildman–Crippen LogP) is 4.11. The van der Waals surface area contributed by atoms with Crippen LogP contribution in [-0.4, -0.2) is 26.1 Å². The van der Waals surface area contributed by atoms with Crippen LogP contribution in [0.2, 0.25) is 19.6 Å². The van der Waals surface area contributed by atoms with Gasteiger partial charge in [0.05, 0.1) is 18.8 Å². The maximum atomic E-state index is 6.26. The fraction of sp³-hybridized carbons (Fsp3) is 0.556. The lowest BCUT2D eigenvalue weighted by molar-refractivity contribution is -0.0760. The maximum Gasteiger partial charge on any atom is 0.241 e. The van der Waals surface area contributed by atoms with Crippen molar-refractivity contribution in [3.05, 3.63) is 47.7 Å². The lowest BCUT2D eigenvalue weighted by Gasteiger charge is -2.36. The van der Waals surface area contributed by atoms with E-state index in [1.807, 2.05) is 18.2 Å². The summed E-state index contributed by atoms with van der Waals surface area (Å²) < 4.78 is 18.7. The molecule has 22 heavy (non-hydrogen) atoms. The summed E-state index contributed by atoms with van der Waals surface area (Å²) in [6.45, 7) is 11.5. The first-order chi connectivity index (χ1) is 10.3. The molecule has 0 N–H and O–H groups in total. The number of fused-ring (bicyclic) bond motifs is 2.